The van der Waals surface area contributed by atoms with Crippen molar-refractivity contribution in [2.24, 2.45) is 0 Å². The van der Waals surface area contributed by atoms with Crippen LogP contribution in [0, 0.1) is 0 Å². The number of methoxy groups -OCH3 is 1. The molecule has 0 aliphatic rings. The summed E-state index contributed by atoms with van der Waals surface area (Å²) in [5, 5.41) is 0. The molecule has 27 heavy (non-hydrogen) atoms. The van der Waals surface area contributed by atoms with Crippen molar-refractivity contribution < 1.29 is 19.0 Å². The zero-order chi connectivity index (χ0) is 19.1. The molecule has 0 bridgehead atoms. The Labute approximate surface area is 159 Å². The predicted octanol–water partition coefficient (Wildman–Crippen LogP) is 4.99. The number of hydrogen-bond acceptors (Lipinski definition) is 4. The van der Waals surface area contributed by atoms with Crippen molar-refractivity contribution in [1.82, 2.24) is 0 Å². The average molecular weight is 362 g/mol. The first-order valence-corrected chi connectivity index (χ1v) is 8.79. The highest BCUT2D eigenvalue weighted by atomic mass is 16.5. The van der Waals surface area contributed by atoms with Gasteiger partial charge in [0, 0.05) is 7.11 Å². The maximum atomic E-state index is 12.3. The van der Waals surface area contributed by atoms with Crippen LogP contribution in [0.1, 0.15) is 17.3 Å². The fourth-order valence-electron chi connectivity index (χ4n) is 2.68. The van der Waals surface area contributed by atoms with Gasteiger partial charge in [0.15, 0.2) is 0 Å². The molecule has 0 aromatic heterocycles. The Bertz CT molecular complexity index is 855. The maximum absolute atomic E-state index is 12.3. The molecule has 3 aromatic carbocycles. The van der Waals surface area contributed by atoms with Gasteiger partial charge in [0.2, 0.25) is 0 Å². The number of carbonyl (C=O) groups excluding carboxylic acids is 1. The fraction of sp³-hybridized carbons (Fsp3) is 0.174. The van der Waals surface area contributed by atoms with Crippen molar-refractivity contribution in [2.75, 3.05) is 13.7 Å². The highest BCUT2D eigenvalue weighted by Gasteiger charge is 2.10. The number of esters is 1. The Morgan fingerprint density at radius 1 is 0.815 bits per heavy atom. The van der Waals surface area contributed by atoms with Crippen molar-refractivity contribution in [3.05, 3.63) is 84.4 Å². The summed E-state index contributed by atoms with van der Waals surface area (Å²) in [5.41, 5.74) is 2.67. The number of rotatable bonds is 7. The highest BCUT2D eigenvalue weighted by Crippen LogP contribution is 2.22. The van der Waals surface area contributed by atoms with E-state index in [0.717, 1.165) is 11.1 Å². The molecular formula is C23H22O4. The Hall–Kier alpha value is -3.11. The minimum Gasteiger partial charge on any atom is -0.488 e. The van der Waals surface area contributed by atoms with E-state index in [9.17, 15) is 4.79 Å². The maximum Gasteiger partial charge on any atom is 0.343 e. The third kappa shape index (κ3) is 5.19. The summed E-state index contributed by atoms with van der Waals surface area (Å²) in [6.07, 6.45) is -0.0495. The number of ether oxygens (including phenoxy) is 3. The first kappa shape index (κ1) is 18.7. The van der Waals surface area contributed by atoms with Gasteiger partial charge in [-0.3, -0.25) is 0 Å². The molecular weight excluding hydrogens is 340 g/mol. The first-order valence-electron chi connectivity index (χ1n) is 8.79. The van der Waals surface area contributed by atoms with Crippen LogP contribution in [-0.4, -0.2) is 25.8 Å². The quantitative estimate of drug-likeness (QED) is 0.439. The molecule has 138 valence electrons. The molecule has 0 amide bonds. The fourth-order valence-corrected chi connectivity index (χ4v) is 2.68. The topological polar surface area (TPSA) is 44.8 Å². The van der Waals surface area contributed by atoms with E-state index in [1.54, 1.807) is 43.5 Å². The minimum atomic E-state index is -0.393. The summed E-state index contributed by atoms with van der Waals surface area (Å²) in [4.78, 5) is 12.3. The van der Waals surface area contributed by atoms with E-state index in [0.29, 0.717) is 23.7 Å². The molecule has 0 saturated carbocycles. The lowest BCUT2D eigenvalue weighted by Crippen LogP contribution is -2.17. The van der Waals surface area contributed by atoms with Crippen LogP contribution >= 0.6 is 0 Å². The Balaban J connectivity index is 1.61. The monoisotopic (exact) mass is 362 g/mol. The standard InChI is InChI=1S/C23H22O4/c1-17(16-25-2)26-21-12-14-22(15-13-21)27-23(24)20-10-8-19(9-11-20)18-6-4-3-5-7-18/h3-15,17H,16H2,1-2H3/t17-/m1/s1. The van der Waals surface area contributed by atoms with Crippen LogP contribution in [-0.2, 0) is 4.74 Å². The molecule has 3 rings (SSSR count). The molecule has 0 unspecified atom stereocenters. The lowest BCUT2D eigenvalue weighted by molar-refractivity contribution is 0.0734. The zero-order valence-electron chi connectivity index (χ0n) is 15.4. The highest BCUT2D eigenvalue weighted by molar-refractivity contribution is 5.91. The van der Waals surface area contributed by atoms with Gasteiger partial charge in [-0.25, -0.2) is 4.79 Å². The van der Waals surface area contributed by atoms with Crippen molar-refractivity contribution in [3.63, 3.8) is 0 Å². The molecule has 0 N–H and O–H groups in total. The van der Waals surface area contributed by atoms with Crippen molar-refractivity contribution in [1.29, 1.82) is 0 Å². The normalized spacial score (nSPS) is 11.6. The summed E-state index contributed by atoms with van der Waals surface area (Å²) < 4.78 is 16.2. The Kier molecular flexibility index (Phi) is 6.23. The predicted molar refractivity (Wildman–Crippen MR) is 105 cm³/mol. The van der Waals surface area contributed by atoms with Gasteiger partial charge in [-0.05, 0) is 54.4 Å². The lowest BCUT2D eigenvalue weighted by atomic mass is 10.0. The molecule has 4 nitrogen and oxygen atoms in total. The molecule has 0 aliphatic heterocycles. The Morgan fingerprint density at radius 3 is 2.04 bits per heavy atom. The summed E-state index contributed by atoms with van der Waals surface area (Å²) >= 11 is 0. The van der Waals surface area contributed by atoms with Gasteiger partial charge in [0.25, 0.3) is 0 Å². The van der Waals surface area contributed by atoms with Crippen molar-refractivity contribution in [2.45, 2.75) is 13.0 Å². The number of carbonyl (C=O) groups is 1. The second-order valence-electron chi connectivity index (χ2n) is 6.19. The van der Waals surface area contributed by atoms with E-state index in [-0.39, 0.29) is 6.10 Å². The van der Waals surface area contributed by atoms with Crippen LogP contribution in [0.25, 0.3) is 11.1 Å². The van der Waals surface area contributed by atoms with E-state index in [4.69, 9.17) is 14.2 Å². The summed E-state index contributed by atoms with van der Waals surface area (Å²) in [7, 11) is 1.63. The van der Waals surface area contributed by atoms with Crippen LogP contribution < -0.4 is 9.47 Å². The van der Waals surface area contributed by atoms with Gasteiger partial charge in [-0.1, -0.05) is 42.5 Å². The number of benzene rings is 3. The van der Waals surface area contributed by atoms with Gasteiger partial charge < -0.3 is 14.2 Å². The van der Waals surface area contributed by atoms with E-state index < -0.39 is 5.97 Å². The summed E-state index contributed by atoms with van der Waals surface area (Å²) in [6.45, 7) is 2.44. The first-order chi connectivity index (χ1) is 13.2. The smallest absolute Gasteiger partial charge is 0.343 e. The van der Waals surface area contributed by atoms with Gasteiger partial charge in [0.05, 0.1) is 12.2 Å². The van der Waals surface area contributed by atoms with Crippen molar-refractivity contribution >= 4 is 5.97 Å². The lowest BCUT2D eigenvalue weighted by Gasteiger charge is -2.13. The second kappa shape index (κ2) is 9.01. The molecule has 0 spiro atoms. The average Bonchev–Trinajstić information content (AvgIpc) is 2.70. The molecule has 3 aromatic rings. The minimum absolute atomic E-state index is 0.0495. The molecule has 0 radical (unpaired) electrons. The SMILES string of the molecule is COC[C@@H](C)Oc1ccc(OC(=O)c2ccc(-c3ccccc3)cc2)cc1. The van der Waals surface area contributed by atoms with E-state index >= 15 is 0 Å². The van der Waals surface area contributed by atoms with Crippen LogP contribution in [0.15, 0.2) is 78.9 Å². The Morgan fingerprint density at radius 2 is 1.41 bits per heavy atom. The van der Waals surface area contributed by atoms with Gasteiger partial charge >= 0.3 is 5.97 Å². The molecule has 1 atom stereocenters. The number of hydrogen-bond donors (Lipinski definition) is 0. The van der Waals surface area contributed by atoms with Gasteiger partial charge in [0.1, 0.15) is 17.6 Å². The molecule has 0 saturated heterocycles. The molecule has 0 aliphatic carbocycles. The van der Waals surface area contributed by atoms with E-state index in [1.165, 1.54) is 0 Å². The summed E-state index contributed by atoms with van der Waals surface area (Å²) in [6, 6.07) is 24.4. The third-order valence-corrected chi connectivity index (χ3v) is 4.00. The molecule has 4 heteroatoms. The van der Waals surface area contributed by atoms with E-state index in [1.807, 2.05) is 49.4 Å². The van der Waals surface area contributed by atoms with Crippen molar-refractivity contribution in [3.8, 4) is 22.6 Å². The van der Waals surface area contributed by atoms with Gasteiger partial charge in [-0.2, -0.15) is 0 Å². The van der Waals surface area contributed by atoms with E-state index in [2.05, 4.69) is 0 Å². The largest absolute Gasteiger partial charge is 0.488 e. The van der Waals surface area contributed by atoms with Gasteiger partial charge in [-0.15, -0.1) is 0 Å². The second-order valence-corrected chi connectivity index (χ2v) is 6.19. The molecule has 0 heterocycles. The van der Waals surface area contributed by atoms with Crippen LogP contribution in [0.2, 0.25) is 0 Å². The third-order valence-electron chi connectivity index (χ3n) is 4.00. The molecule has 0 fully saturated rings. The van der Waals surface area contributed by atoms with Crippen LogP contribution in [0.4, 0.5) is 0 Å². The van der Waals surface area contributed by atoms with Crippen LogP contribution in [0.5, 0.6) is 11.5 Å². The zero-order valence-corrected chi connectivity index (χ0v) is 15.4. The van der Waals surface area contributed by atoms with Crippen LogP contribution in [0.3, 0.4) is 0 Å². The summed E-state index contributed by atoms with van der Waals surface area (Å²) in [5.74, 6) is 0.779.